The van der Waals surface area contributed by atoms with Gasteiger partial charge in [0.25, 0.3) is 0 Å². The second-order valence-electron chi connectivity index (χ2n) is 1.60. The van der Waals surface area contributed by atoms with Gasteiger partial charge < -0.3 is 10.2 Å². The maximum absolute atomic E-state index is 8.77. The summed E-state index contributed by atoms with van der Waals surface area (Å²) in [7, 11) is 0. The zero-order valence-electron chi connectivity index (χ0n) is 5.09. The van der Waals surface area contributed by atoms with Gasteiger partial charge in [0.1, 0.15) is 6.23 Å². The van der Waals surface area contributed by atoms with E-state index in [-0.39, 0.29) is 6.61 Å². The van der Waals surface area contributed by atoms with Crippen molar-refractivity contribution in [2.75, 3.05) is 13.2 Å². The van der Waals surface area contributed by atoms with Gasteiger partial charge in [0.05, 0.1) is 6.61 Å². The lowest BCUT2D eigenvalue weighted by molar-refractivity contribution is 0.124. The minimum absolute atomic E-state index is 0.0804. The number of nitrogens with one attached hydrogen (secondary N) is 1. The molecule has 0 spiro atoms. The van der Waals surface area contributed by atoms with Gasteiger partial charge in [-0.15, -0.1) is 0 Å². The van der Waals surface area contributed by atoms with E-state index in [1.54, 1.807) is 0 Å². The van der Waals surface area contributed by atoms with Crippen molar-refractivity contribution in [3.63, 3.8) is 0 Å². The van der Waals surface area contributed by atoms with Crippen LogP contribution in [-0.2, 0) is 0 Å². The quantitative estimate of drug-likeness (QED) is 0.429. The van der Waals surface area contributed by atoms with E-state index in [0.29, 0.717) is 13.0 Å². The Hall–Kier alpha value is -0.120. The molecule has 1 atom stereocenters. The lowest BCUT2D eigenvalue weighted by Gasteiger charge is -2.06. The van der Waals surface area contributed by atoms with E-state index in [1.807, 2.05) is 6.92 Å². The zero-order valence-corrected chi connectivity index (χ0v) is 5.09. The Morgan fingerprint density at radius 2 is 2.25 bits per heavy atom. The Balaban J connectivity index is 2.86. The molecule has 8 heavy (non-hydrogen) atoms. The van der Waals surface area contributed by atoms with Gasteiger partial charge >= 0.3 is 0 Å². The number of rotatable bonds is 4. The number of aliphatic hydroxyl groups excluding tert-OH is 2. The molecule has 0 aliphatic carbocycles. The highest BCUT2D eigenvalue weighted by Gasteiger charge is 1.94. The third-order valence-electron chi connectivity index (χ3n) is 0.878. The molecule has 0 aromatic rings. The molecule has 3 heteroatoms. The smallest absolute Gasteiger partial charge is 0.104 e. The zero-order chi connectivity index (χ0) is 6.41. The van der Waals surface area contributed by atoms with Crippen LogP contribution in [0.4, 0.5) is 0 Å². The van der Waals surface area contributed by atoms with E-state index in [0.717, 1.165) is 0 Å². The van der Waals surface area contributed by atoms with Crippen LogP contribution < -0.4 is 5.32 Å². The van der Waals surface area contributed by atoms with E-state index < -0.39 is 6.23 Å². The average molecular weight is 119 g/mol. The normalized spacial score (nSPS) is 13.9. The summed E-state index contributed by atoms with van der Waals surface area (Å²) in [6, 6.07) is 0. The molecule has 3 nitrogen and oxygen atoms in total. The third kappa shape index (κ3) is 4.05. The van der Waals surface area contributed by atoms with Crippen molar-refractivity contribution in [3.05, 3.63) is 0 Å². The first-order valence-electron chi connectivity index (χ1n) is 2.83. The van der Waals surface area contributed by atoms with Crippen molar-refractivity contribution < 1.29 is 10.2 Å². The molecule has 0 aliphatic heterocycles. The Morgan fingerprint density at radius 1 is 1.62 bits per heavy atom. The summed E-state index contributed by atoms with van der Waals surface area (Å²) in [5.41, 5.74) is 0. The second-order valence-corrected chi connectivity index (χ2v) is 1.60. The topological polar surface area (TPSA) is 52.5 Å². The molecule has 0 saturated carbocycles. The highest BCUT2D eigenvalue weighted by Crippen LogP contribution is 1.80. The molecule has 0 saturated heterocycles. The van der Waals surface area contributed by atoms with Gasteiger partial charge in [0, 0.05) is 6.54 Å². The summed E-state index contributed by atoms with van der Waals surface area (Å²) in [6.07, 6.45) is 0.224. The van der Waals surface area contributed by atoms with E-state index in [2.05, 4.69) is 5.32 Å². The fraction of sp³-hybridized carbons (Fsp3) is 1.00. The van der Waals surface area contributed by atoms with Gasteiger partial charge in [0.15, 0.2) is 0 Å². The van der Waals surface area contributed by atoms with Crippen LogP contribution in [0.15, 0.2) is 0 Å². The highest BCUT2D eigenvalue weighted by atomic mass is 16.3. The molecule has 0 aromatic carbocycles. The maximum Gasteiger partial charge on any atom is 0.104 e. The van der Waals surface area contributed by atoms with Crippen LogP contribution in [0.2, 0.25) is 0 Å². The summed E-state index contributed by atoms with van der Waals surface area (Å²) in [4.78, 5) is 0. The average Bonchev–Trinajstić information content (AvgIpc) is 1.83. The van der Waals surface area contributed by atoms with Gasteiger partial charge in [-0.05, 0) is 6.42 Å². The molecule has 0 amide bonds. The monoisotopic (exact) mass is 119 g/mol. The summed E-state index contributed by atoms with van der Waals surface area (Å²) in [5.74, 6) is 0. The van der Waals surface area contributed by atoms with Crippen LogP contribution in [-0.4, -0.2) is 29.6 Å². The molecule has 0 bridgehead atoms. The first kappa shape index (κ1) is 7.88. The Morgan fingerprint density at radius 3 is 2.62 bits per heavy atom. The third-order valence-corrected chi connectivity index (χ3v) is 0.878. The summed E-state index contributed by atoms with van der Waals surface area (Å²) in [5, 5.41) is 19.7. The second kappa shape index (κ2) is 5.03. The van der Waals surface area contributed by atoms with Crippen molar-refractivity contribution in [3.8, 4) is 0 Å². The van der Waals surface area contributed by atoms with E-state index in [9.17, 15) is 0 Å². The first-order chi connectivity index (χ1) is 3.81. The van der Waals surface area contributed by atoms with Gasteiger partial charge in [-0.2, -0.15) is 0 Å². The molecule has 0 heterocycles. The van der Waals surface area contributed by atoms with Gasteiger partial charge in [-0.3, -0.25) is 5.32 Å². The molecule has 0 rings (SSSR count). The van der Waals surface area contributed by atoms with Gasteiger partial charge in [-0.25, -0.2) is 0 Å². The fourth-order valence-electron chi connectivity index (χ4n) is 0.375. The lowest BCUT2D eigenvalue weighted by atomic mass is 10.4. The number of hydrogen-bond donors (Lipinski definition) is 3. The fourth-order valence-corrected chi connectivity index (χ4v) is 0.375. The van der Waals surface area contributed by atoms with Crippen LogP contribution in [0, 0.1) is 0 Å². The van der Waals surface area contributed by atoms with E-state index in [1.165, 1.54) is 0 Å². The summed E-state index contributed by atoms with van der Waals surface area (Å²) in [6.45, 7) is 2.42. The molecule has 0 radical (unpaired) electrons. The van der Waals surface area contributed by atoms with Crippen molar-refractivity contribution in [1.82, 2.24) is 5.32 Å². The van der Waals surface area contributed by atoms with E-state index >= 15 is 0 Å². The minimum atomic E-state index is -0.456. The molecule has 0 fully saturated rings. The standard InChI is InChI=1S/C5H13NO2/c1-2-5(8)6-3-4-7/h5-8H,2-4H2,1H3. The first-order valence-corrected chi connectivity index (χ1v) is 2.83. The predicted molar refractivity (Wildman–Crippen MR) is 31.4 cm³/mol. The summed E-state index contributed by atoms with van der Waals surface area (Å²) < 4.78 is 0. The Kier molecular flexibility index (Phi) is 4.95. The van der Waals surface area contributed by atoms with Crippen LogP contribution in [0.25, 0.3) is 0 Å². The van der Waals surface area contributed by atoms with Gasteiger partial charge in [-0.1, -0.05) is 6.92 Å². The SMILES string of the molecule is CCC(O)NCCO. The van der Waals surface area contributed by atoms with Crippen LogP contribution in [0.5, 0.6) is 0 Å². The van der Waals surface area contributed by atoms with Crippen LogP contribution >= 0.6 is 0 Å². The number of aliphatic hydroxyl groups is 2. The predicted octanol–water partition coefficient (Wildman–Crippen LogP) is -0.703. The molecule has 0 aliphatic rings. The molecule has 50 valence electrons. The minimum Gasteiger partial charge on any atom is -0.395 e. The van der Waals surface area contributed by atoms with Crippen molar-refractivity contribution in [2.45, 2.75) is 19.6 Å². The summed E-state index contributed by atoms with van der Waals surface area (Å²) >= 11 is 0. The Bertz CT molecular complexity index is 49.7. The van der Waals surface area contributed by atoms with Crippen LogP contribution in [0.1, 0.15) is 13.3 Å². The molecule has 1 unspecified atom stereocenters. The van der Waals surface area contributed by atoms with Crippen molar-refractivity contribution >= 4 is 0 Å². The Labute approximate surface area is 49.3 Å². The molecular weight excluding hydrogens is 106 g/mol. The molecule has 0 aromatic heterocycles. The molecular formula is C5H13NO2. The lowest BCUT2D eigenvalue weighted by Crippen LogP contribution is -2.30. The van der Waals surface area contributed by atoms with Crippen molar-refractivity contribution in [2.24, 2.45) is 0 Å². The highest BCUT2D eigenvalue weighted by molar-refractivity contribution is 4.47. The maximum atomic E-state index is 8.77. The van der Waals surface area contributed by atoms with E-state index in [4.69, 9.17) is 10.2 Å². The van der Waals surface area contributed by atoms with Gasteiger partial charge in [0.2, 0.25) is 0 Å². The van der Waals surface area contributed by atoms with Crippen molar-refractivity contribution in [1.29, 1.82) is 0 Å². The number of hydrogen-bond acceptors (Lipinski definition) is 3. The molecule has 3 N–H and O–H groups in total. The van der Waals surface area contributed by atoms with Crippen LogP contribution in [0.3, 0.4) is 0 Å². The largest absolute Gasteiger partial charge is 0.395 e.